The van der Waals surface area contributed by atoms with Gasteiger partial charge >= 0.3 is 11.9 Å². The molecule has 0 spiro atoms. The van der Waals surface area contributed by atoms with E-state index in [1.165, 1.54) is 6.07 Å². The Bertz CT molecular complexity index is 789. The lowest BCUT2D eigenvalue weighted by molar-refractivity contribution is 0.0680. The molecule has 0 aliphatic heterocycles. The summed E-state index contributed by atoms with van der Waals surface area (Å²) in [7, 11) is 0. The van der Waals surface area contributed by atoms with Crippen LogP contribution in [0.15, 0.2) is 36.4 Å². The van der Waals surface area contributed by atoms with Crippen LogP contribution in [0.4, 0.5) is 0 Å². The monoisotopic (exact) mass is 268 g/mol. The zero-order valence-corrected chi connectivity index (χ0v) is 10.1. The molecule has 0 unspecified atom stereocenters. The second-order valence-corrected chi connectivity index (χ2v) is 4.40. The molecule has 1 aliphatic carbocycles. The van der Waals surface area contributed by atoms with Crippen LogP contribution in [0.2, 0.25) is 0 Å². The Hall–Kier alpha value is -2.95. The van der Waals surface area contributed by atoms with Gasteiger partial charge < -0.3 is 10.2 Å². The number of carbonyl (C=O) groups is 3. The van der Waals surface area contributed by atoms with E-state index in [-0.39, 0.29) is 22.3 Å². The molecule has 5 nitrogen and oxygen atoms in total. The number of hydrogen-bond donors (Lipinski definition) is 2. The molecule has 3 rings (SSSR count). The van der Waals surface area contributed by atoms with Crippen LogP contribution in [0.3, 0.4) is 0 Å². The summed E-state index contributed by atoms with van der Waals surface area (Å²) in [5.74, 6) is -2.89. The van der Waals surface area contributed by atoms with Crippen molar-refractivity contribution in [3.05, 3.63) is 58.7 Å². The Balaban J connectivity index is 2.46. The average Bonchev–Trinajstić information content (AvgIpc) is 2.72. The Morgan fingerprint density at radius 3 is 1.80 bits per heavy atom. The van der Waals surface area contributed by atoms with Gasteiger partial charge in [-0.15, -0.1) is 0 Å². The van der Waals surface area contributed by atoms with Crippen molar-refractivity contribution in [2.45, 2.75) is 0 Å². The van der Waals surface area contributed by atoms with Crippen LogP contribution in [0.1, 0.15) is 36.6 Å². The third-order valence-electron chi connectivity index (χ3n) is 3.33. The van der Waals surface area contributed by atoms with Crippen LogP contribution < -0.4 is 0 Å². The lowest BCUT2D eigenvalue weighted by atomic mass is 9.95. The standard InChI is InChI=1S/C15H8O5/c16-13-8-4-2-1-3-7(8)11-9(14(17)18)5-6-10(12(11)13)15(19)20/h1-6H,(H,17,18)(H,19,20). The third-order valence-corrected chi connectivity index (χ3v) is 3.33. The Morgan fingerprint density at radius 1 is 0.750 bits per heavy atom. The van der Waals surface area contributed by atoms with E-state index in [4.69, 9.17) is 0 Å². The van der Waals surface area contributed by atoms with Crippen molar-refractivity contribution < 1.29 is 24.6 Å². The van der Waals surface area contributed by atoms with Crippen LogP contribution in [-0.2, 0) is 0 Å². The largest absolute Gasteiger partial charge is 0.478 e. The van der Waals surface area contributed by atoms with E-state index in [2.05, 4.69) is 0 Å². The number of carbonyl (C=O) groups excluding carboxylic acids is 1. The van der Waals surface area contributed by atoms with E-state index < -0.39 is 17.7 Å². The second-order valence-electron chi connectivity index (χ2n) is 4.40. The molecular formula is C15H8O5. The van der Waals surface area contributed by atoms with Crippen LogP contribution >= 0.6 is 0 Å². The second kappa shape index (κ2) is 4.03. The topological polar surface area (TPSA) is 91.7 Å². The van der Waals surface area contributed by atoms with Gasteiger partial charge in [-0.25, -0.2) is 9.59 Å². The number of rotatable bonds is 2. The van der Waals surface area contributed by atoms with Gasteiger partial charge in [0, 0.05) is 16.7 Å². The fourth-order valence-electron chi connectivity index (χ4n) is 2.51. The van der Waals surface area contributed by atoms with Crippen molar-refractivity contribution in [3.8, 4) is 11.1 Å². The summed E-state index contributed by atoms with van der Waals surface area (Å²) in [5.41, 5.74) is 0.706. The highest BCUT2D eigenvalue weighted by Gasteiger charge is 2.34. The molecule has 0 fully saturated rings. The first kappa shape index (κ1) is 12.1. The first-order chi connectivity index (χ1) is 9.52. The molecule has 2 aromatic carbocycles. The van der Waals surface area contributed by atoms with Crippen molar-refractivity contribution in [2.24, 2.45) is 0 Å². The highest BCUT2D eigenvalue weighted by molar-refractivity contribution is 6.27. The van der Waals surface area contributed by atoms with Gasteiger partial charge in [0.2, 0.25) is 0 Å². The van der Waals surface area contributed by atoms with Gasteiger partial charge in [-0.05, 0) is 17.7 Å². The average molecular weight is 268 g/mol. The van der Waals surface area contributed by atoms with Gasteiger partial charge in [0.15, 0.2) is 5.78 Å². The Labute approximate surface area is 113 Å². The molecule has 0 bridgehead atoms. The summed E-state index contributed by atoms with van der Waals surface area (Å²) >= 11 is 0. The molecular weight excluding hydrogens is 260 g/mol. The number of aromatic carboxylic acids is 2. The van der Waals surface area contributed by atoms with Crippen LogP contribution in [0.5, 0.6) is 0 Å². The number of carboxylic acid groups (broad SMARTS) is 2. The SMILES string of the molecule is O=C(O)c1ccc(C(=O)O)c2c1C(=O)c1ccccc1-2. The van der Waals surface area contributed by atoms with Gasteiger partial charge in [-0.2, -0.15) is 0 Å². The summed E-state index contributed by atoms with van der Waals surface area (Å²) in [5, 5.41) is 18.4. The summed E-state index contributed by atoms with van der Waals surface area (Å²) < 4.78 is 0. The van der Waals surface area contributed by atoms with Crippen molar-refractivity contribution in [2.75, 3.05) is 0 Å². The molecule has 0 amide bonds. The molecule has 98 valence electrons. The molecule has 0 saturated carbocycles. The van der Waals surface area contributed by atoms with E-state index in [1.54, 1.807) is 24.3 Å². The molecule has 0 saturated heterocycles. The number of benzene rings is 2. The molecule has 5 heteroatoms. The lowest BCUT2D eigenvalue weighted by Gasteiger charge is -2.07. The first-order valence-corrected chi connectivity index (χ1v) is 5.80. The van der Waals surface area contributed by atoms with E-state index in [9.17, 15) is 24.6 Å². The number of fused-ring (bicyclic) bond motifs is 3. The molecule has 2 N–H and O–H groups in total. The molecule has 20 heavy (non-hydrogen) atoms. The molecule has 2 aromatic rings. The molecule has 0 heterocycles. The van der Waals surface area contributed by atoms with E-state index in [0.717, 1.165) is 6.07 Å². The Kier molecular flexibility index (Phi) is 2.44. The third kappa shape index (κ3) is 1.46. The number of ketones is 1. The molecule has 0 atom stereocenters. The molecule has 1 aliphatic rings. The maximum atomic E-state index is 12.3. The normalized spacial score (nSPS) is 11.9. The van der Waals surface area contributed by atoms with Crippen molar-refractivity contribution in [1.29, 1.82) is 0 Å². The maximum Gasteiger partial charge on any atom is 0.336 e. The maximum absolute atomic E-state index is 12.3. The summed E-state index contributed by atoms with van der Waals surface area (Å²) in [6.07, 6.45) is 0. The van der Waals surface area contributed by atoms with Crippen LogP contribution in [0, 0.1) is 0 Å². The van der Waals surface area contributed by atoms with Crippen LogP contribution in [-0.4, -0.2) is 27.9 Å². The fourth-order valence-corrected chi connectivity index (χ4v) is 2.51. The lowest BCUT2D eigenvalue weighted by Crippen LogP contribution is -2.09. The number of hydrogen-bond acceptors (Lipinski definition) is 3. The van der Waals surface area contributed by atoms with Gasteiger partial charge in [0.05, 0.1) is 11.1 Å². The minimum Gasteiger partial charge on any atom is -0.478 e. The van der Waals surface area contributed by atoms with E-state index in [0.29, 0.717) is 11.1 Å². The summed E-state index contributed by atoms with van der Waals surface area (Å²) in [6.45, 7) is 0. The molecule has 0 aromatic heterocycles. The van der Waals surface area contributed by atoms with Gasteiger partial charge in [0.25, 0.3) is 0 Å². The first-order valence-electron chi connectivity index (χ1n) is 5.80. The van der Waals surface area contributed by atoms with E-state index >= 15 is 0 Å². The van der Waals surface area contributed by atoms with Crippen LogP contribution in [0.25, 0.3) is 11.1 Å². The minimum atomic E-state index is -1.25. The highest BCUT2D eigenvalue weighted by Crippen LogP contribution is 2.40. The van der Waals surface area contributed by atoms with E-state index in [1.807, 2.05) is 0 Å². The molecule has 0 radical (unpaired) electrons. The van der Waals surface area contributed by atoms with Crippen molar-refractivity contribution in [3.63, 3.8) is 0 Å². The summed E-state index contributed by atoms with van der Waals surface area (Å²) in [4.78, 5) is 34.9. The summed E-state index contributed by atoms with van der Waals surface area (Å²) in [6, 6.07) is 8.91. The van der Waals surface area contributed by atoms with Crippen molar-refractivity contribution >= 4 is 17.7 Å². The van der Waals surface area contributed by atoms with Crippen molar-refractivity contribution in [1.82, 2.24) is 0 Å². The highest BCUT2D eigenvalue weighted by atomic mass is 16.4. The zero-order valence-electron chi connectivity index (χ0n) is 10.1. The quantitative estimate of drug-likeness (QED) is 0.744. The van der Waals surface area contributed by atoms with Gasteiger partial charge in [0.1, 0.15) is 0 Å². The number of carboxylic acids is 2. The zero-order chi connectivity index (χ0) is 14.4. The Morgan fingerprint density at radius 2 is 1.25 bits per heavy atom. The van der Waals surface area contributed by atoms with Gasteiger partial charge in [-0.3, -0.25) is 4.79 Å². The predicted molar refractivity (Wildman–Crippen MR) is 69.2 cm³/mol. The predicted octanol–water partition coefficient (Wildman–Crippen LogP) is 2.29. The minimum absolute atomic E-state index is 0.0430. The fraction of sp³-hybridized carbons (Fsp3) is 0. The smallest absolute Gasteiger partial charge is 0.336 e. The van der Waals surface area contributed by atoms with Gasteiger partial charge in [-0.1, -0.05) is 24.3 Å².